The number of aromatic nitrogens is 3. The smallest absolute Gasteiger partial charge is 0.186 e. The van der Waals surface area contributed by atoms with Gasteiger partial charge < -0.3 is 5.32 Å². The molecule has 1 N–H and O–H groups in total. The zero-order valence-electron chi connectivity index (χ0n) is 10.2. The maximum atomic E-state index is 12.1. The minimum Gasteiger partial charge on any atom is -0.316 e. The summed E-state index contributed by atoms with van der Waals surface area (Å²) in [6, 6.07) is 0. The Kier molecular flexibility index (Phi) is 5.11. The molecule has 0 spiro atoms. The molecule has 0 aliphatic rings. The Hall–Kier alpha value is -1.23. The molecule has 1 heterocycles. The van der Waals surface area contributed by atoms with Crippen molar-refractivity contribution in [1.82, 2.24) is 20.3 Å². The van der Waals surface area contributed by atoms with E-state index in [2.05, 4.69) is 22.6 Å². The van der Waals surface area contributed by atoms with Crippen LogP contribution < -0.4 is 5.32 Å². The maximum absolute atomic E-state index is 12.1. The molecular formula is C11H20N4O. The van der Waals surface area contributed by atoms with Crippen molar-refractivity contribution in [3.63, 3.8) is 0 Å². The first kappa shape index (κ1) is 12.8. The van der Waals surface area contributed by atoms with Gasteiger partial charge in [0.15, 0.2) is 5.78 Å². The lowest BCUT2D eigenvalue weighted by molar-refractivity contribution is 0.0918. The van der Waals surface area contributed by atoms with Gasteiger partial charge in [-0.2, -0.15) is 0 Å². The first-order valence-electron chi connectivity index (χ1n) is 5.84. The third-order valence-corrected chi connectivity index (χ3v) is 2.45. The van der Waals surface area contributed by atoms with Crippen molar-refractivity contribution in [2.45, 2.75) is 33.7 Å². The molecule has 16 heavy (non-hydrogen) atoms. The molecule has 0 amide bonds. The van der Waals surface area contributed by atoms with Crippen LogP contribution in [0.5, 0.6) is 0 Å². The summed E-state index contributed by atoms with van der Waals surface area (Å²) in [5, 5.41) is 10.9. The molecule has 0 aromatic carbocycles. The SMILES string of the molecule is CCCn1nncc1C(=O)C(C)CNCC. The number of rotatable bonds is 7. The quantitative estimate of drug-likeness (QED) is 0.705. The number of hydrogen-bond donors (Lipinski definition) is 1. The Morgan fingerprint density at radius 2 is 2.31 bits per heavy atom. The number of aryl methyl sites for hydroxylation is 1. The van der Waals surface area contributed by atoms with Gasteiger partial charge in [0.25, 0.3) is 0 Å². The van der Waals surface area contributed by atoms with Gasteiger partial charge in [0.05, 0.1) is 6.20 Å². The van der Waals surface area contributed by atoms with Crippen LogP contribution >= 0.6 is 0 Å². The van der Waals surface area contributed by atoms with Crippen molar-refractivity contribution in [3.8, 4) is 0 Å². The molecule has 0 aliphatic carbocycles. The van der Waals surface area contributed by atoms with Gasteiger partial charge in [-0.25, -0.2) is 4.68 Å². The molecular weight excluding hydrogens is 204 g/mol. The largest absolute Gasteiger partial charge is 0.316 e. The molecule has 0 saturated heterocycles. The highest BCUT2D eigenvalue weighted by molar-refractivity contribution is 5.95. The van der Waals surface area contributed by atoms with Crippen LogP contribution in [0.4, 0.5) is 0 Å². The molecule has 1 aromatic rings. The van der Waals surface area contributed by atoms with Gasteiger partial charge in [-0.1, -0.05) is 26.0 Å². The average Bonchev–Trinajstić information content (AvgIpc) is 2.73. The van der Waals surface area contributed by atoms with Gasteiger partial charge in [0.2, 0.25) is 0 Å². The number of carbonyl (C=O) groups is 1. The molecule has 1 rings (SSSR count). The summed E-state index contributed by atoms with van der Waals surface area (Å²) in [4.78, 5) is 12.1. The number of carbonyl (C=O) groups excluding carboxylic acids is 1. The zero-order chi connectivity index (χ0) is 12.0. The fourth-order valence-corrected chi connectivity index (χ4v) is 1.53. The Morgan fingerprint density at radius 3 is 2.94 bits per heavy atom. The number of hydrogen-bond acceptors (Lipinski definition) is 4. The van der Waals surface area contributed by atoms with Crippen LogP contribution in [-0.4, -0.2) is 33.9 Å². The predicted octanol–water partition coefficient (Wildman–Crippen LogP) is 1.12. The minimum absolute atomic E-state index is 0.0333. The predicted molar refractivity (Wildman–Crippen MR) is 62.4 cm³/mol. The normalized spacial score (nSPS) is 12.7. The third-order valence-electron chi connectivity index (χ3n) is 2.45. The monoisotopic (exact) mass is 224 g/mol. The molecule has 0 aliphatic heterocycles. The van der Waals surface area contributed by atoms with Gasteiger partial charge in [-0.05, 0) is 13.0 Å². The van der Waals surface area contributed by atoms with Crippen molar-refractivity contribution in [3.05, 3.63) is 11.9 Å². The van der Waals surface area contributed by atoms with Gasteiger partial charge in [-0.15, -0.1) is 5.10 Å². The first-order chi connectivity index (χ1) is 7.70. The van der Waals surface area contributed by atoms with Crippen molar-refractivity contribution >= 4 is 5.78 Å². The van der Waals surface area contributed by atoms with Crippen LogP contribution in [-0.2, 0) is 6.54 Å². The van der Waals surface area contributed by atoms with E-state index in [1.807, 2.05) is 13.8 Å². The number of nitrogens with one attached hydrogen (secondary N) is 1. The third kappa shape index (κ3) is 3.13. The lowest BCUT2D eigenvalue weighted by Gasteiger charge is -2.11. The summed E-state index contributed by atoms with van der Waals surface area (Å²) in [7, 11) is 0. The van der Waals surface area contributed by atoms with E-state index in [4.69, 9.17) is 0 Å². The summed E-state index contributed by atoms with van der Waals surface area (Å²) >= 11 is 0. The summed E-state index contributed by atoms with van der Waals surface area (Å²) < 4.78 is 1.69. The van der Waals surface area contributed by atoms with Crippen molar-refractivity contribution in [1.29, 1.82) is 0 Å². The minimum atomic E-state index is -0.0333. The van der Waals surface area contributed by atoms with E-state index in [1.54, 1.807) is 10.9 Å². The molecule has 1 atom stereocenters. The van der Waals surface area contributed by atoms with E-state index < -0.39 is 0 Å². The Morgan fingerprint density at radius 1 is 1.56 bits per heavy atom. The van der Waals surface area contributed by atoms with Gasteiger partial charge in [0, 0.05) is 19.0 Å². The van der Waals surface area contributed by atoms with Gasteiger partial charge in [-0.3, -0.25) is 4.79 Å². The van der Waals surface area contributed by atoms with Crippen LogP contribution in [0.2, 0.25) is 0 Å². The molecule has 1 unspecified atom stereocenters. The summed E-state index contributed by atoms with van der Waals surface area (Å²) in [5.41, 5.74) is 0.618. The van der Waals surface area contributed by atoms with Crippen LogP contribution in [0.3, 0.4) is 0 Å². The van der Waals surface area contributed by atoms with Crippen molar-refractivity contribution in [2.24, 2.45) is 5.92 Å². The molecule has 0 radical (unpaired) electrons. The molecule has 1 aromatic heterocycles. The fourth-order valence-electron chi connectivity index (χ4n) is 1.53. The molecule has 0 fully saturated rings. The summed E-state index contributed by atoms with van der Waals surface area (Å²) in [5.74, 6) is 0.0773. The number of ketones is 1. The maximum Gasteiger partial charge on any atom is 0.186 e. The lowest BCUT2D eigenvalue weighted by Crippen LogP contribution is -2.27. The van der Waals surface area contributed by atoms with E-state index in [1.165, 1.54) is 0 Å². The van der Waals surface area contributed by atoms with Crippen molar-refractivity contribution < 1.29 is 4.79 Å². The van der Waals surface area contributed by atoms with Gasteiger partial charge in [0.1, 0.15) is 5.69 Å². The summed E-state index contributed by atoms with van der Waals surface area (Å²) in [6.45, 7) is 8.33. The van der Waals surface area contributed by atoms with E-state index in [0.717, 1.165) is 19.5 Å². The van der Waals surface area contributed by atoms with Crippen molar-refractivity contribution in [2.75, 3.05) is 13.1 Å². The second-order valence-electron chi connectivity index (χ2n) is 3.92. The summed E-state index contributed by atoms with van der Waals surface area (Å²) in [6.07, 6.45) is 2.51. The van der Waals surface area contributed by atoms with Crippen LogP contribution in [0, 0.1) is 5.92 Å². The second-order valence-corrected chi connectivity index (χ2v) is 3.92. The Balaban J connectivity index is 2.67. The second kappa shape index (κ2) is 6.37. The standard InChI is InChI=1S/C11H20N4O/c1-4-6-15-10(8-13-14-15)11(16)9(3)7-12-5-2/h8-9,12H,4-7H2,1-3H3. The molecule has 5 heteroatoms. The number of nitrogens with zero attached hydrogens (tertiary/aromatic N) is 3. The van der Waals surface area contributed by atoms with Crippen LogP contribution in [0.15, 0.2) is 6.20 Å². The van der Waals surface area contributed by atoms with Crippen LogP contribution in [0.25, 0.3) is 0 Å². The van der Waals surface area contributed by atoms with E-state index in [9.17, 15) is 4.79 Å². The topological polar surface area (TPSA) is 59.8 Å². The molecule has 0 saturated carbocycles. The van der Waals surface area contributed by atoms with Gasteiger partial charge >= 0.3 is 0 Å². The number of Topliss-reactive ketones (excluding diaryl/α,β-unsaturated/α-hetero) is 1. The molecule has 5 nitrogen and oxygen atoms in total. The molecule has 90 valence electrons. The highest BCUT2D eigenvalue weighted by Gasteiger charge is 2.19. The Bertz CT molecular complexity index is 334. The van der Waals surface area contributed by atoms with E-state index in [-0.39, 0.29) is 11.7 Å². The Labute approximate surface area is 96.2 Å². The zero-order valence-corrected chi connectivity index (χ0v) is 10.2. The van der Waals surface area contributed by atoms with E-state index in [0.29, 0.717) is 12.2 Å². The van der Waals surface area contributed by atoms with E-state index >= 15 is 0 Å². The highest BCUT2D eigenvalue weighted by Crippen LogP contribution is 2.07. The first-order valence-corrected chi connectivity index (χ1v) is 5.84. The molecule has 0 bridgehead atoms. The average molecular weight is 224 g/mol. The highest BCUT2D eigenvalue weighted by atomic mass is 16.1. The lowest BCUT2D eigenvalue weighted by atomic mass is 10.0. The van der Waals surface area contributed by atoms with Crippen LogP contribution in [0.1, 0.15) is 37.7 Å². The fraction of sp³-hybridized carbons (Fsp3) is 0.727.